The van der Waals surface area contributed by atoms with Gasteiger partial charge in [0, 0.05) is 11.8 Å². The molecule has 170 valence electrons. The average Bonchev–Trinajstić information content (AvgIpc) is 3.66. The molecule has 0 fully saturated rings. The molecule has 5 heterocycles. The maximum Gasteiger partial charge on any atom is 0.253 e. The van der Waals surface area contributed by atoms with Crippen molar-refractivity contribution in [3.63, 3.8) is 0 Å². The Morgan fingerprint density at radius 3 is 2.79 bits per heavy atom. The molecule has 1 aliphatic heterocycles. The van der Waals surface area contributed by atoms with Gasteiger partial charge in [0.1, 0.15) is 35.4 Å². The minimum Gasteiger partial charge on any atom is -0.467 e. The van der Waals surface area contributed by atoms with E-state index < -0.39 is 0 Å². The summed E-state index contributed by atoms with van der Waals surface area (Å²) in [5, 5.41) is 19.4. The molecular weight excluding hydrogens is 456 g/mol. The number of hydrogen-bond acceptors (Lipinski definition) is 9. The first-order valence-corrected chi connectivity index (χ1v) is 11.6. The molecule has 34 heavy (non-hydrogen) atoms. The highest BCUT2D eigenvalue weighted by Gasteiger charge is 2.36. The number of carbonyl (C=O) groups is 1. The van der Waals surface area contributed by atoms with E-state index in [1.54, 1.807) is 29.3 Å². The molecule has 11 heteroatoms. The maximum absolute atomic E-state index is 13.3. The minimum absolute atomic E-state index is 0.104. The fraction of sp³-hybridized carbons (Fsp3) is 0.174. The largest absolute Gasteiger partial charge is 0.467 e. The zero-order valence-corrected chi connectivity index (χ0v) is 18.6. The van der Waals surface area contributed by atoms with Crippen LogP contribution in [0.3, 0.4) is 0 Å². The van der Waals surface area contributed by atoms with Crippen molar-refractivity contribution in [3.8, 4) is 0 Å². The third-order valence-corrected chi connectivity index (χ3v) is 6.40. The number of tetrazole rings is 1. The van der Waals surface area contributed by atoms with E-state index in [9.17, 15) is 4.79 Å². The van der Waals surface area contributed by atoms with Gasteiger partial charge in [0.2, 0.25) is 5.16 Å². The Morgan fingerprint density at radius 2 is 1.97 bits per heavy atom. The fourth-order valence-electron chi connectivity index (χ4n) is 3.86. The number of furan rings is 3. The predicted octanol–water partition coefficient (Wildman–Crippen LogP) is 4.12. The van der Waals surface area contributed by atoms with Gasteiger partial charge in [-0.05, 0) is 46.8 Å². The normalized spacial score (nSPS) is 15.8. The number of hydrogen-bond donors (Lipinski definition) is 0. The number of para-hydroxylation sites is 1. The van der Waals surface area contributed by atoms with Gasteiger partial charge in [0.05, 0.1) is 18.3 Å². The lowest BCUT2D eigenvalue weighted by molar-refractivity contribution is -0.130. The molecule has 1 amide bonds. The van der Waals surface area contributed by atoms with Crippen LogP contribution in [-0.4, -0.2) is 42.6 Å². The molecule has 0 radical (unpaired) electrons. The van der Waals surface area contributed by atoms with Gasteiger partial charge in [0.25, 0.3) is 5.91 Å². The molecule has 1 atom stereocenters. The van der Waals surface area contributed by atoms with E-state index in [0.29, 0.717) is 35.4 Å². The van der Waals surface area contributed by atoms with Crippen LogP contribution >= 0.6 is 11.8 Å². The van der Waals surface area contributed by atoms with E-state index in [1.165, 1.54) is 16.8 Å². The van der Waals surface area contributed by atoms with E-state index in [-0.39, 0.29) is 17.7 Å². The van der Waals surface area contributed by atoms with Crippen LogP contribution in [0.4, 0.5) is 0 Å². The topological polar surface area (TPSA) is 116 Å². The maximum atomic E-state index is 13.3. The summed E-state index contributed by atoms with van der Waals surface area (Å²) < 4.78 is 18.6. The first-order valence-electron chi connectivity index (χ1n) is 10.6. The first-order chi connectivity index (χ1) is 16.7. The van der Waals surface area contributed by atoms with Gasteiger partial charge in [0.15, 0.2) is 5.76 Å². The van der Waals surface area contributed by atoms with Crippen molar-refractivity contribution in [2.24, 2.45) is 5.10 Å². The summed E-state index contributed by atoms with van der Waals surface area (Å²) in [5.74, 6) is 1.94. The SMILES string of the molecule is O=C(CSc1nnnn1Cc1ccco1)N1N=C(c2cc3ccccc3o2)C[C@H]1c1ccco1. The van der Waals surface area contributed by atoms with Crippen molar-refractivity contribution in [2.45, 2.75) is 24.2 Å². The monoisotopic (exact) mass is 474 g/mol. The van der Waals surface area contributed by atoms with Gasteiger partial charge in [-0.3, -0.25) is 4.79 Å². The Hall–Kier alpha value is -4.12. The number of aromatic nitrogens is 4. The summed E-state index contributed by atoms with van der Waals surface area (Å²) >= 11 is 1.24. The number of thioether (sulfide) groups is 1. The zero-order valence-electron chi connectivity index (χ0n) is 17.8. The van der Waals surface area contributed by atoms with Crippen LogP contribution < -0.4 is 0 Å². The molecule has 0 spiro atoms. The summed E-state index contributed by atoms with van der Waals surface area (Å²) in [4.78, 5) is 13.3. The first kappa shape index (κ1) is 20.5. The van der Waals surface area contributed by atoms with E-state index in [1.807, 2.05) is 42.5 Å². The summed E-state index contributed by atoms with van der Waals surface area (Å²) in [5.41, 5.74) is 1.47. The molecule has 0 saturated heterocycles. The zero-order chi connectivity index (χ0) is 22.9. The molecule has 10 nitrogen and oxygen atoms in total. The van der Waals surface area contributed by atoms with Crippen molar-refractivity contribution in [1.82, 2.24) is 25.2 Å². The minimum atomic E-state index is -0.356. The third-order valence-electron chi connectivity index (χ3n) is 5.46. The van der Waals surface area contributed by atoms with Gasteiger partial charge >= 0.3 is 0 Å². The van der Waals surface area contributed by atoms with Crippen LogP contribution in [0.5, 0.6) is 0 Å². The van der Waals surface area contributed by atoms with E-state index >= 15 is 0 Å². The fourth-order valence-corrected chi connectivity index (χ4v) is 4.59. The lowest BCUT2D eigenvalue weighted by atomic mass is 10.1. The highest BCUT2D eigenvalue weighted by Crippen LogP contribution is 2.35. The quantitative estimate of drug-likeness (QED) is 0.324. The number of carbonyl (C=O) groups excluding carboxylic acids is 1. The molecule has 6 rings (SSSR count). The molecule has 0 saturated carbocycles. The summed E-state index contributed by atoms with van der Waals surface area (Å²) in [7, 11) is 0. The second-order valence-electron chi connectivity index (χ2n) is 7.66. The third kappa shape index (κ3) is 3.90. The van der Waals surface area contributed by atoms with Crippen molar-refractivity contribution in [1.29, 1.82) is 0 Å². The van der Waals surface area contributed by atoms with Gasteiger partial charge in [-0.15, -0.1) is 5.10 Å². The van der Waals surface area contributed by atoms with Crippen LogP contribution in [-0.2, 0) is 11.3 Å². The Morgan fingerprint density at radius 1 is 1.09 bits per heavy atom. The highest BCUT2D eigenvalue weighted by atomic mass is 32.2. The van der Waals surface area contributed by atoms with Gasteiger partial charge in [-0.2, -0.15) is 5.10 Å². The number of benzene rings is 1. The van der Waals surface area contributed by atoms with Crippen LogP contribution in [0.1, 0.15) is 29.7 Å². The molecular formula is C23H18N6O4S. The van der Waals surface area contributed by atoms with Crippen molar-refractivity contribution >= 4 is 34.3 Å². The van der Waals surface area contributed by atoms with E-state index in [2.05, 4.69) is 20.6 Å². The number of rotatable bonds is 7. The van der Waals surface area contributed by atoms with Crippen LogP contribution in [0.2, 0.25) is 0 Å². The van der Waals surface area contributed by atoms with Crippen LogP contribution in [0.25, 0.3) is 11.0 Å². The lowest BCUT2D eigenvalue weighted by Gasteiger charge is -2.19. The van der Waals surface area contributed by atoms with E-state index in [0.717, 1.165) is 16.7 Å². The van der Waals surface area contributed by atoms with Crippen molar-refractivity contribution in [2.75, 3.05) is 5.75 Å². The molecule has 0 unspecified atom stereocenters. The number of hydrazone groups is 1. The smallest absolute Gasteiger partial charge is 0.253 e. The van der Waals surface area contributed by atoms with Gasteiger partial charge < -0.3 is 13.3 Å². The molecule has 4 aromatic heterocycles. The second kappa shape index (κ2) is 8.67. The Bertz CT molecular complexity index is 1420. The summed E-state index contributed by atoms with van der Waals surface area (Å²) in [6.07, 6.45) is 3.67. The Balaban J connectivity index is 1.22. The second-order valence-corrected chi connectivity index (χ2v) is 8.60. The summed E-state index contributed by atoms with van der Waals surface area (Å²) in [6.45, 7) is 0.379. The molecule has 1 aromatic carbocycles. The average molecular weight is 475 g/mol. The molecule has 5 aromatic rings. The van der Waals surface area contributed by atoms with Crippen molar-refractivity contribution < 1.29 is 18.0 Å². The predicted molar refractivity (Wildman–Crippen MR) is 122 cm³/mol. The highest BCUT2D eigenvalue weighted by molar-refractivity contribution is 7.99. The Labute approximate surface area is 197 Å². The molecule has 1 aliphatic rings. The number of nitrogens with zero attached hydrogens (tertiary/aromatic N) is 6. The molecule has 0 N–H and O–H groups in total. The number of amides is 1. The molecule has 0 bridgehead atoms. The van der Waals surface area contributed by atoms with Crippen molar-refractivity contribution in [3.05, 3.63) is 84.4 Å². The Kier molecular flexibility index (Phi) is 5.22. The van der Waals surface area contributed by atoms with Gasteiger partial charge in [-0.25, -0.2) is 9.69 Å². The van der Waals surface area contributed by atoms with Crippen LogP contribution in [0, 0.1) is 0 Å². The number of fused-ring (bicyclic) bond motifs is 1. The van der Waals surface area contributed by atoms with E-state index in [4.69, 9.17) is 13.3 Å². The van der Waals surface area contributed by atoms with Gasteiger partial charge in [-0.1, -0.05) is 30.0 Å². The summed E-state index contributed by atoms with van der Waals surface area (Å²) in [6, 6.07) is 16.6. The molecule has 0 aliphatic carbocycles. The standard InChI is InChI=1S/C23H18N6O4S/c30-22(14-34-23-24-26-27-28(23)13-16-6-3-9-31-16)29-18(20-8-4-10-32-20)12-17(25-29)21-11-15-5-1-2-7-19(15)33-21/h1-11,18H,12-14H2/t18-/m0/s1. The lowest BCUT2D eigenvalue weighted by Crippen LogP contribution is -2.28. The van der Waals surface area contributed by atoms with Crippen LogP contribution in [0.15, 0.2) is 90.6 Å².